The van der Waals surface area contributed by atoms with Crippen molar-refractivity contribution in [2.75, 3.05) is 13.1 Å². The lowest BCUT2D eigenvalue weighted by atomic mass is 9.75. The van der Waals surface area contributed by atoms with Gasteiger partial charge in [0.25, 0.3) is 0 Å². The van der Waals surface area contributed by atoms with E-state index >= 15 is 0 Å². The summed E-state index contributed by atoms with van der Waals surface area (Å²) in [7, 11) is 0. The highest BCUT2D eigenvalue weighted by Gasteiger charge is 2.27. The van der Waals surface area contributed by atoms with Gasteiger partial charge in [0.15, 0.2) is 0 Å². The fourth-order valence-corrected chi connectivity index (χ4v) is 2.62. The molecule has 0 spiro atoms. The molecule has 1 amide bonds. The lowest BCUT2D eigenvalue weighted by Gasteiger charge is -2.35. The van der Waals surface area contributed by atoms with E-state index in [9.17, 15) is 4.79 Å². The van der Waals surface area contributed by atoms with Gasteiger partial charge in [0.1, 0.15) is 0 Å². The van der Waals surface area contributed by atoms with E-state index in [2.05, 4.69) is 31.4 Å². The highest BCUT2D eigenvalue weighted by atomic mass is 16.1. The molecule has 1 saturated carbocycles. The van der Waals surface area contributed by atoms with Crippen LogP contribution in [0.4, 0.5) is 0 Å². The average molecular weight is 240 g/mol. The first kappa shape index (κ1) is 14.5. The molecule has 3 heteroatoms. The number of amides is 1. The summed E-state index contributed by atoms with van der Waals surface area (Å²) in [6, 6.07) is 0.609. The van der Waals surface area contributed by atoms with Crippen LogP contribution in [0.1, 0.15) is 59.3 Å². The fourth-order valence-electron chi connectivity index (χ4n) is 2.62. The second-order valence-electron chi connectivity index (χ2n) is 6.01. The Morgan fingerprint density at radius 3 is 2.76 bits per heavy atom. The molecule has 0 radical (unpaired) electrons. The van der Waals surface area contributed by atoms with E-state index in [1.165, 1.54) is 25.7 Å². The first-order chi connectivity index (χ1) is 8.03. The third kappa shape index (κ3) is 6.06. The highest BCUT2D eigenvalue weighted by molar-refractivity contribution is 5.75. The molecular weight excluding hydrogens is 212 g/mol. The van der Waals surface area contributed by atoms with E-state index in [1.54, 1.807) is 0 Å². The lowest BCUT2D eigenvalue weighted by molar-refractivity contribution is -0.121. The Hall–Kier alpha value is -0.570. The van der Waals surface area contributed by atoms with Crippen LogP contribution in [-0.2, 0) is 4.79 Å². The lowest BCUT2D eigenvalue weighted by Crippen LogP contribution is -2.39. The number of rotatable bonds is 6. The first-order valence-electron chi connectivity index (χ1n) is 7.03. The summed E-state index contributed by atoms with van der Waals surface area (Å²) in [5.74, 6) is 0.175. The zero-order chi connectivity index (χ0) is 12.7. The molecule has 0 aliphatic heterocycles. The Bertz CT molecular complexity index is 238. The normalized spacial score (nSPS) is 23.4. The summed E-state index contributed by atoms with van der Waals surface area (Å²) < 4.78 is 0. The molecule has 3 nitrogen and oxygen atoms in total. The first-order valence-corrected chi connectivity index (χ1v) is 7.03. The van der Waals surface area contributed by atoms with Crippen LogP contribution < -0.4 is 10.6 Å². The molecule has 1 aliphatic rings. The van der Waals surface area contributed by atoms with Gasteiger partial charge < -0.3 is 10.6 Å². The maximum Gasteiger partial charge on any atom is 0.221 e. The number of hydrogen-bond donors (Lipinski definition) is 2. The van der Waals surface area contributed by atoms with Crippen LogP contribution in [0.2, 0.25) is 0 Å². The molecule has 2 N–H and O–H groups in total. The van der Waals surface area contributed by atoms with Crippen molar-refractivity contribution in [2.45, 2.75) is 65.3 Å². The SMILES string of the molecule is CCCNC(=O)CCNC1CCCC(C)(C)C1. The smallest absolute Gasteiger partial charge is 0.221 e. The van der Waals surface area contributed by atoms with Gasteiger partial charge in [-0.25, -0.2) is 0 Å². The monoisotopic (exact) mass is 240 g/mol. The van der Waals surface area contributed by atoms with Crippen molar-refractivity contribution >= 4 is 5.91 Å². The number of carbonyl (C=O) groups excluding carboxylic acids is 1. The zero-order valence-corrected chi connectivity index (χ0v) is 11.6. The topological polar surface area (TPSA) is 41.1 Å². The summed E-state index contributed by atoms with van der Waals surface area (Å²) in [4.78, 5) is 11.4. The molecule has 1 unspecified atom stereocenters. The molecule has 1 aliphatic carbocycles. The van der Waals surface area contributed by atoms with Crippen LogP contribution in [-0.4, -0.2) is 25.0 Å². The predicted octanol–water partition coefficient (Wildman–Crippen LogP) is 2.46. The minimum atomic E-state index is 0.175. The van der Waals surface area contributed by atoms with Crippen LogP contribution in [0, 0.1) is 5.41 Å². The molecule has 0 heterocycles. The van der Waals surface area contributed by atoms with Gasteiger partial charge in [-0.15, -0.1) is 0 Å². The van der Waals surface area contributed by atoms with Crippen LogP contribution in [0.15, 0.2) is 0 Å². The van der Waals surface area contributed by atoms with E-state index in [0.717, 1.165) is 19.5 Å². The molecule has 0 aromatic rings. The maximum atomic E-state index is 11.4. The molecular formula is C14H28N2O. The van der Waals surface area contributed by atoms with E-state index < -0.39 is 0 Å². The molecule has 0 bridgehead atoms. The highest BCUT2D eigenvalue weighted by Crippen LogP contribution is 2.34. The van der Waals surface area contributed by atoms with Crippen molar-refractivity contribution in [1.82, 2.24) is 10.6 Å². The summed E-state index contributed by atoms with van der Waals surface area (Å²) >= 11 is 0. The predicted molar refractivity (Wildman–Crippen MR) is 72.0 cm³/mol. The Labute approximate surface area is 106 Å². The molecule has 100 valence electrons. The van der Waals surface area contributed by atoms with E-state index in [1.807, 2.05) is 0 Å². The van der Waals surface area contributed by atoms with Gasteiger partial charge >= 0.3 is 0 Å². The van der Waals surface area contributed by atoms with Gasteiger partial charge in [0, 0.05) is 25.6 Å². The number of nitrogens with one attached hydrogen (secondary N) is 2. The van der Waals surface area contributed by atoms with Gasteiger partial charge in [-0.2, -0.15) is 0 Å². The van der Waals surface area contributed by atoms with Crippen molar-refractivity contribution in [3.05, 3.63) is 0 Å². The van der Waals surface area contributed by atoms with E-state index in [-0.39, 0.29) is 5.91 Å². The second-order valence-corrected chi connectivity index (χ2v) is 6.01. The van der Waals surface area contributed by atoms with Gasteiger partial charge in [-0.05, 0) is 31.1 Å². The van der Waals surface area contributed by atoms with Crippen molar-refractivity contribution in [2.24, 2.45) is 5.41 Å². The van der Waals surface area contributed by atoms with Crippen molar-refractivity contribution < 1.29 is 4.79 Å². The zero-order valence-electron chi connectivity index (χ0n) is 11.6. The molecule has 0 aromatic carbocycles. The minimum Gasteiger partial charge on any atom is -0.356 e. The standard InChI is InChI=1S/C14H28N2O/c1-4-9-16-13(17)7-10-15-12-6-5-8-14(2,3)11-12/h12,15H,4-11H2,1-3H3,(H,16,17). The van der Waals surface area contributed by atoms with Crippen molar-refractivity contribution in [3.8, 4) is 0 Å². The Morgan fingerprint density at radius 1 is 1.35 bits per heavy atom. The third-order valence-corrected chi connectivity index (χ3v) is 3.56. The Balaban J connectivity index is 2.12. The summed E-state index contributed by atoms with van der Waals surface area (Å²) in [6.07, 6.45) is 6.77. The van der Waals surface area contributed by atoms with Gasteiger partial charge in [-0.3, -0.25) is 4.79 Å². The summed E-state index contributed by atoms with van der Waals surface area (Å²) in [6.45, 7) is 8.37. The largest absolute Gasteiger partial charge is 0.356 e. The fraction of sp³-hybridized carbons (Fsp3) is 0.929. The molecule has 0 saturated heterocycles. The molecule has 1 fully saturated rings. The number of hydrogen-bond acceptors (Lipinski definition) is 2. The summed E-state index contributed by atoms with van der Waals surface area (Å²) in [5, 5.41) is 6.43. The molecule has 1 atom stereocenters. The van der Waals surface area contributed by atoms with Gasteiger partial charge in [0.2, 0.25) is 5.91 Å². The van der Waals surface area contributed by atoms with Crippen LogP contribution in [0.25, 0.3) is 0 Å². The van der Waals surface area contributed by atoms with Gasteiger partial charge in [-0.1, -0.05) is 27.2 Å². The Morgan fingerprint density at radius 2 is 2.12 bits per heavy atom. The van der Waals surface area contributed by atoms with Crippen LogP contribution >= 0.6 is 0 Å². The molecule has 0 aromatic heterocycles. The number of carbonyl (C=O) groups is 1. The van der Waals surface area contributed by atoms with E-state index in [0.29, 0.717) is 17.9 Å². The average Bonchev–Trinajstić information content (AvgIpc) is 2.25. The maximum absolute atomic E-state index is 11.4. The second kappa shape index (κ2) is 7.00. The minimum absolute atomic E-state index is 0.175. The van der Waals surface area contributed by atoms with Crippen molar-refractivity contribution in [1.29, 1.82) is 0 Å². The Kier molecular flexibility index (Phi) is 5.96. The van der Waals surface area contributed by atoms with Gasteiger partial charge in [0.05, 0.1) is 0 Å². The molecule has 1 rings (SSSR count). The quantitative estimate of drug-likeness (QED) is 0.749. The third-order valence-electron chi connectivity index (χ3n) is 3.56. The molecule has 17 heavy (non-hydrogen) atoms. The van der Waals surface area contributed by atoms with Crippen LogP contribution in [0.5, 0.6) is 0 Å². The van der Waals surface area contributed by atoms with E-state index in [4.69, 9.17) is 0 Å². The summed E-state index contributed by atoms with van der Waals surface area (Å²) in [5.41, 5.74) is 0.473. The van der Waals surface area contributed by atoms with Crippen LogP contribution in [0.3, 0.4) is 0 Å². The van der Waals surface area contributed by atoms with Crippen molar-refractivity contribution in [3.63, 3.8) is 0 Å².